The monoisotopic (exact) mass is 346 g/mol. The summed E-state index contributed by atoms with van der Waals surface area (Å²) in [6.07, 6.45) is 3.72. The molecule has 1 heterocycles. The third kappa shape index (κ3) is 4.24. The second kappa shape index (κ2) is 6.78. The van der Waals surface area contributed by atoms with Gasteiger partial charge in [-0.25, -0.2) is 0 Å². The molecule has 3 rings (SSSR count). The molecular weight excluding hydrogens is 320 g/mol. The molecule has 0 unspecified atom stereocenters. The van der Waals surface area contributed by atoms with Gasteiger partial charge in [0.1, 0.15) is 0 Å². The summed E-state index contributed by atoms with van der Waals surface area (Å²) in [4.78, 5) is 0. The fraction of sp³-hybridized carbons (Fsp3) is 0.526. The lowest BCUT2D eigenvalue weighted by Gasteiger charge is -2.39. The molecule has 2 atom stereocenters. The van der Waals surface area contributed by atoms with E-state index in [2.05, 4.69) is 61.1 Å². The van der Waals surface area contributed by atoms with Gasteiger partial charge < -0.3 is 10.6 Å². The van der Waals surface area contributed by atoms with Crippen molar-refractivity contribution < 1.29 is 0 Å². The quantitative estimate of drug-likeness (QED) is 0.758. The number of hydrogen-bond acceptors (Lipinski definition) is 2. The van der Waals surface area contributed by atoms with Crippen molar-refractivity contribution in [1.82, 2.24) is 10.6 Å². The molecule has 124 valence electrons. The van der Waals surface area contributed by atoms with Gasteiger partial charge in [-0.05, 0) is 65.2 Å². The van der Waals surface area contributed by atoms with Gasteiger partial charge in [-0.3, -0.25) is 0 Å². The summed E-state index contributed by atoms with van der Waals surface area (Å²) in [6.45, 7) is 7.88. The highest BCUT2D eigenvalue weighted by Crippen LogP contribution is 2.38. The minimum absolute atomic E-state index is 0.411. The Morgan fingerprint density at radius 3 is 2.87 bits per heavy atom. The molecule has 1 aromatic heterocycles. The molecule has 1 aromatic carbocycles. The fourth-order valence-electron chi connectivity index (χ4n) is 4.04. The van der Waals surface area contributed by atoms with Crippen LogP contribution in [0.25, 0.3) is 10.1 Å². The lowest BCUT2D eigenvalue weighted by atomic mass is 9.71. The highest BCUT2D eigenvalue weighted by atomic mass is 32.1. The van der Waals surface area contributed by atoms with Crippen LogP contribution in [0.15, 0.2) is 29.6 Å². The molecule has 1 saturated carbocycles. The highest BCUT2D eigenvalue weighted by Gasteiger charge is 2.32. The van der Waals surface area contributed by atoms with Gasteiger partial charge in [-0.1, -0.05) is 39.0 Å². The topological polar surface area (TPSA) is 24.1 Å². The van der Waals surface area contributed by atoms with Gasteiger partial charge >= 0.3 is 0 Å². The predicted molar refractivity (Wildman–Crippen MR) is 105 cm³/mol. The first-order valence-electron chi connectivity index (χ1n) is 8.42. The molecule has 1 fully saturated rings. The second-order valence-corrected chi connectivity index (χ2v) is 9.01. The van der Waals surface area contributed by atoms with Gasteiger partial charge in [0.25, 0.3) is 0 Å². The van der Waals surface area contributed by atoms with Crippen LogP contribution in [0, 0.1) is 11.3 Å². The minimum Gasteiger partial charge on any atom is -0.360 e. The maximum Gasteiger partial charge on any atom is 0.166 e. The predicted octanol–water partition coefficient (Wildman–Crippen LogP) is 5.08. The average Bonchev–Trinajstić information content (AvgIpc) is 2.86. The van der Waals surface area contributed by atoms with Crippen LogP contribution >= 0.6 is 23.6 Å². The number of thiocarbonyl (C=S) groups is 1. The molecule has 0 bridgehead atoms. The average molecular weight is 347 g/mol. The van der Waals surface area contributed by atoms with Crippen molar-refractivity contribution in [2.75, 3.05) is 0 Å². The Balaban J connectivity index is 1.55. The van der Waals surface area contributed by atoms with Gasteiger partial charge in [0.2, 0.25) is 0 Å². The Hall–Kier alpha value is -1.13. The molecule has 0 saturated heterocycles. The largest absolute Gasteiger partial charge is 0.360 e. The first kappa shape index (κ1) is 16.7. The molecule has 0 radical (unpaired) electrons. The summed E-state index contributed by atoms with van der Waals surface area (Å²) >= 11 is 7.32. The zero-order chi connectivity index (χ0) is 16.4. The lowest BCUT2D eigenvalue weighted by molar-refractivity contribution is 0.161. The van der Waals surface area contributed by atoms with Crippen LogP contribution in [0.1, 0.15) is 45.6 Å². The van der Waals surface area contributed by atoms with Crippen LogP contribution in [0.3, 0.4) is 0 Å². The summed E-state index contributed by atoms with van der Waals surface area (Å²) in [5.41, 5.74) is 1.74. The van der Waals surface area contributed by atoms with Gasteiger partial charge in [-0.2, -0.15) is 0 Å². The van der Waals surface area contributed by atoms with Gasteiger partial charge in [-0.15, -0.1) is 11.3 Å². The van der Waals surface area contributed by atoms with Crippen molar-refractivity contribution in [3.05, 3.63) is 35.2 Å². The van der Waals surface area contributed by atoms with E-state index in [1.807, 2.05) is 0 Å². The normalized spacial score (nSPS) is 23.6. The number of benzene rings is 1. The Labute approximate surface area is 148 Å². The summed E-state index contributed by atoms with van der Waals surface area (Å²) in [5.74, 6) is 0.764. The van der Waals surface area contributed by atoms with Crippen molar-refractivity contribution in [3.63, 3.8) is 0 Å². The molecule has 0 amide bonds. The van der Waals surface area contributed by atoms with Crippen molar-refractivity contribution in [2.24, 2.45) is 11.3 Å². The minimum atomic E-state index is 0.411. The van der Waals surface area contributed by atoms with Gasteiger partial charge in [0, 0.05) is 17.3 Å². The van der Waals surface area contributed by atoms with Crippen LogP contribution < -0.4 is 10.6 Å². The van der Waals surface area contributed by atoms with Crippen LogP contribution in [0.2, 0.25) is 0 Å². The first-order valence-corrected chi connectivity index (χ1v) is 9.71. The maximum absolute atomic E-state index is 5.53. The molecule has 1 aliphatic carbocycles. The zero-order valence-electron chi connectivity index (χ0n) is 14.2. The molecule has 1 aliphatic rings. The third-order valence-corrected chi connectivity index (χ3v) is 6.00. The van der Waals surface area contributed by atoms with E-state index in [4.69, 9.17) is 12.2 Å². The van der Waals surface area contributed by atoms with Gasteiger partial charge in [0.15, 0.2) is 5.11 Å². The summed E-state index contributed by atoms with van der Waals surface area (Å²) in [7, 11) is 0. The fourth-order valence-corrected chi connectivity index (χ4v) is 5.24. The van der Waals surface area contributed by atoms with E-state index in [1.165, 1.54) is 34.9 Å². The van der Waals surface area contributed by atoms with E-state index in [9.17, 15) is 0 Å². The van der Waals surface area contributed by atoms with Crippen LogP contribution in [0.4, 0.5) is 0 Å². The second-order valence-electron chi connectivity index (χ2n) is 7.69. The highest BCUT2D eigenvalue weighted by molar-refractivity contribution is 7.80. The lowest BCUT2D eigenvalue weighted by Crippen LogP contribution is -2.46. The first-order chi connectivity index (χ1) is 10.9. The van der Waals surface area contributed by atoms with Crippen molar-refractivity contribution in [1.29, 1.82) is 0 Å². The van der Waals surface area contributed by atoms with Crippen LogP contribution in [-0.2, 0) is 6.54 Å². The Morgan fingerprint density at radius 2 is 2.09 bits per heavy atom. The number of fused-ring (bicyclic) bond motifs is 1. The van der Waals surface area contributed by atoms with Crippen molar-refractivity contribution >= 4 is 38.8 Å². The Morgan fingerprint density at radius 1 is 1.30 bits per heavy atom. The van der Waals surface area contributed by atoms with E-state index >= 15 is 0 Å². The Kier molecular flexibility index (Phi) is 4.93. The molecule has 23 heavy (non-hydrogen) atoms. The van der Waals surface area contributed by atoms with E-state index < -0.39 is 0 Å². The summed E-state index contributed by atoms with van der Waals surface area (Å²) in [5, 5.41) is 11.3. The van der Waals surface area contributed by atoms with Crippen LogP contribution in [0.5, 0.6) is 0 Å². The summed E-state index contributed by atoms with van der Waals surface area (Å²) in [6, 6.07) is 9.04. The molecule has 4 heteroatoms. The smallest absolute Gasteiger partial charge is 0.166 e. The third-order valence-electron chi connectivity index (χ3n) is 4.72. The van der Waals surface area contributed by atoms with Crippen LogP contribution in [-0.4, -0.2) is 11.2 Å². The Bertz CT molecular complexity index is 689. The molecule has 0 aliphatic heterocycles. The van der Waals surface area contributed by atoms with E-state index in [0.29, 0.717) is 11.5 Å². The zero-order valence-corrected chi connectivity index (χ0v) is 15.8. The molecule has 0 spiro atoms. The maximum atomic E-state index is 5.53. The van der Waals surface area contributed by atoms with Crippen molar-refractivity contribution in [3.8, 4) is 0 Å². The number of rotatable bonds is 3. The molecule has 2 N–H and O–H groups in total. The summed E-state index contributed by atoms with van der Waals surface area (Å²) < 4.78 is 1.34. The molecule has 2 nitrogen and oxygen atoms in total. The van der Waals surface area contributed by atoms with E-state index in [0.717, 1.165) is 17.6 Å². The van der Waals surface area contributed by atoms with Gasteiger partial charge in [0.05, 0.1) is 0 Å². The number of nitrogens with one attached hydrogen (secondary N) is 2. The molecule has 2 aromatic rings. The number of thiophene rings is 1. The standard InChI is InChI=1S/C19H26N2S2/c1-13-8-15(10-19(2,3)9-13)21-18(22)20-11-14-12-23-17-7-5-4-6-16(14)17/h4-7,12-13,15H,8-11H2,1-3H3,(H2,20,21,22)/t13-,15-/m0/s1. The van der Waals surface area contributed by atoms with Crippen molar-refractivity contribution in [2.45, 2.75) is 52.6 Å². The van der Waals surface area contributed by atoms with E-state index in [1.54, 1.807) is 11.3 Å². The number of hydrogen-bond donors (Lipinski definition) is 2. The SMILES string of the molecule is C[C@H]1C[C@H](NC(=S)NCc2csc3ccccc23)CC(C)(C)C1. The molecular formula is C19H26N2S2. The van der Waals surface area contributed by atoms with E-state index in [-0.39, 0.29) is 0 Å².